The minimum Gasteiger partial charge on any atom is -0.497 e. The summed E-state index contributed by atoms with van der Waals surface area (Å²) in [7, 11) is 1.67. The van der Waals surface area contributed by atoms with Crippen LogP contribution in [0.25, 0.3) is 0 Å². The molecule has 0 aliphatic carbocycles. The number of benzene rings is 2. The molecule has 2 aromatic carbocycles. The lowest BCUT2D eigenvalue weighted by atomic mass is 10.0. The van der Waals surface area contributed by atoms with Gasteiger partial charge in [0.05, 0.1) is 13.2 Å². The summed E-state index contributed by atoms with van der Waals surface area (Å²) in [5.74, 6) is 0.966. The number of carbonyl (C=O) groups excluding carboxylic acids is 1. The quantitative estimate of drug-likeness (QED) is 0.780. The van der Waals surface area contributed by atoms with E-state index in [-0.39, 0.29) is 11.9 Å². The zero-order chi connectivity index (χ0) is 16.2. The number of thioether (sulfide) groups is 1. The predicted molar refractivity (Wildman–Crippen MR) is 94.2 cm³/mol. The summed E-state index contributed by atoms with van der Waals surface area (Å²) in [4.78, 5) is 16.0. The van der Waals surface area contributed by atoms with Gasteiger partial charge in [-0.1, -0.05) is 12.1 Å². The molecule has 1 fully saturated rings. The Morgan fingerprint density at radius 3 is 2.43 bits per heavy atom. The number of carbonyl (C=O) groups is 1. The predicted octanol–water partition coefficient (Wildman–Crippen LogP) is 4.39. The molecule has 120 valence electrons. The summed E-state index contributed by atoms with van der Waals surface area (Å²) in [6, 6.07) is 16.1. The molecule has 2 aromatic rings. The Balaban J connectivity index is 1.80. The largest absolute Gasteiger partial charge is 0.497 e. The van der Waals surface area contributed by atoms with Crippen LogP contribution >= 0.6 is 11.8 Å². The highest BCUT2D eigenvalue weighted by Gasteiger charge is 2.30. The van der Waals surface area contributed by atoms with Crippen molar-refractivity contribution in [1.82, 2.24) is 4.90 Å². The molecule has 0 bridgehead atoms. The van der Waals surface area contributed by atoms with Crippen LogP contribution in [0.2, 0.25) is 0 Å². The fourth-order valence-electron chi connectivity index (χ4n) is 3.08. The monoisotopic (exact) mass is 327 g/mol. The first-order chi connectivity index (χ1) is 11.2. The highest BCUT2D eigenvalue weighted by atomic mass is 32.2. The first-order valence-corrected chi connectivity index (χ1v) is 9.04. The van der Waals surface area contributed by atoms with Gasteiger partial charge < -0.3 is 9.64 Å². The first kappa shape index (κ1) is 15.9. The molecule has 1 saturated heterocycles. The van der Waals surface area contributed by atoms with Crippen molar-refractivity contribution in [2.24, 2.45) is 0 Å². The number of hydrogen-bond acceptors (Lipinski definition) is 3. The van der Waals surface area contributed by atoms with Crippen LogP contribution in [0.5, 0.6) is 5.75 Å². The second-order valence-electron chi connectivity index (χ2n) is 5.66. The number of likely N-dealkylation sites (tertiary alicyclic amines) is 1. The topological polar surface area (TPSA) is 29.5 Å². The summed E-state index contributed by atoms with van der Waals surface area (Å²) >= 11 is 1.69. The first-order valence-electron chi connectivity index (χ1n) is 7.82. The molecule has 1 heterocycles. The van der Waals surface area contributed by atoms with E-state index in [9.17, 15) is 4.79 Å². The van der Waals surface area contributed by atoms with Crippen molar-refractivity contribution in [3.63, 3.8) is 0 Å². The Morgan fingerprint density at radius 2 is 1.83 bits per heavy atom. The summed E-state index contributed by atoms with van der Waals surface area (Å²) in [6.45, 7) is 0.819. The minimum absolute atomic E-state index is 0.121. The summed E-state index contributed by atoms with van der Waals surface area (Å²) in [5, 5.41) is 0. The van der Waals surface area contributed by atoms with Crippen LogP contribution < -0.4 is 4.74 Å². The lowest BCUT2D eigenvalue weighted by Crippen LogP contribution is -2.30. The van der Waals surface area contributed by atoms with Crippen LogP contribution in [-0.4, -0.2) is 30.7 Å². The van der Waals surface area contributed by atoms with E-state index < -0.39 is 0 Å². The molecule has 1 unspecified atom stereocenters. The van der Waals surface area contributed by atoms with Gasteiger partial charge in [0.15, 0.2) is 0 Å². The minimum atomic E-state index is 0.121. The fourth-order valence-corrected chi connectivity index (χ4v) is 3.49. The Kier molecular flexibility index (Phi) is 4.91. The number of nitrogens with zero attached hydrogens (tertiary/aromatic N) is 1. The van der Waals surface area contributed by atoms with Crippen molar-refractivity contribution in [3.8, 4) is 5.75 Å². The van der Waals surface area contributed by atoms with Crippen molar-refractivity contribution in [3.05, 3.63) is 59.7 Å². The van der Waals surface area contributed by atoms with E-state index in [1.54, 1.807) is 18.9 Å². The van der Waals surface area contributed by atoms with Crippen LogP contribution in [0.1, 0.15) is 34.8 Å². The molecule has 1 aliphatic heterocycles. The number of ether oxygens (including phenoxy) is 1. The average Bonchev–Trinajstić information content (AvgIpc) is 3.11. The van der Waals surface area contributed by atoms with Gasteiger partial charge in [0.25, 0.3) is 5.91 Å². The molecule has 0 N–H and O–H groups in total. The van der Waals surface area contributed by atoms with Crippen molar-refractivity contribution in [2.45, 2.75) is 23.8 Å². The third-order valence-corrected chi connectivity index (χ3v) is 5.09. The lowest BCUT2D eigenvalue weighted by molar-refractivity contribution is 0.0735. The van der Waals surface area contributed by atoms with Crippen LogP contribution in [0.4, 0.5) is 0 Å². The van der Waals surface area contributed by atoms with Gasteiger partial charge in [0, 0.05) is 17.0 Å². The smallest absolute Gasteiger partial charge is 0.254 e. The number of rotatable bonds is 4. The third-order valence-electron chi connectivity index (χ3n) is 4.35. The highest BCUT2D eigenvalue weighted by Crippen LogP contribution is 2.34. The molecule has 0 radical (unpaired) electrons. The lowest BCUT2D eigenvalue weighted by Gasteiger charge is -2.25. The fraction of sp³-hybridized carbons (Fsp3) is 0.316. The average molecular weight is 327 g/mol. The molecule has 3 nitrogen and oxygen atoms in total. The number of hydrogen-bond donors (Lipinski definition) is 0. The molecular formula is C19H21NO2S. The molecule has 4 heteroatoms. The summed E-state index contributed by atoms with van der Waals surface area (Å²) in [6.07, 6.45) is 4.10. The normalized spacial score (nSPS) is 17.3. The van der Waals surface area contributed by atoms with E-state index in [1.165, 1.54) is 10.5 Å². The Morgan fingerprint density at radius 1 is 1.13 bits per heavy atom. The third kappa shape index (κ3) is 3.37. The van der Waals surface area contributed by atoms with E-state index >= 15 is 0 Å². The van der Waals surface area contributed by atoms with Crippen molar-refractivity contribution >= 4 is 17.7 Å². The highest BCUT2D eigenvalue weighted by molar-refractivity contribution is 7.98. The maximum atomic E-state index is 12.8. The SMILES string of the molecule is COc1ccc(C2CCCN2C(=O)c2ccc(SC)cc2)cc1. The molecule has 0 spiro atoms. The Hall–Kier alpha value is -1.94. The van der Waals surface area contributed by atoms with Gasteiger partial charge in [0.1, 0.15) is 5.75 Å². The zero-order valence-electron chi connectivity index (χ0n) is 13.5. The standard InChI is InChI=1S/C19H21NO2S/c1-22-16-9-5-14(6-10-16)18-4-3-13-20(18)19(21)15-7-11-17(23-2)12-8-15/h5-12,18H,3-4,13H2,1-2H3. The second-order valence-corrected chi connectivity index (χ2v) is 6.54. The Bertz CT molecular complexity index is 667. The number of amides is 1. The molecule has 23 heavy (non-hydrogen) atoms. The Labute approximate surface area is 141 Å². The molecule has 0 aromatic heterocycles. The summed E-state index contributed by atoms with van der Waals surface area (Å²) in [5.41, 5.74) is 1.94. The van der Waals surface area contributed by atoms with Crippen molar-refractivity contribution < 1.29 is 9.53 Å². The van der Waals surface area contributed by atoms with E-state index in [2.05, 4.69) is 12.1 Å². The van der Waals surface area contributed by atoms with Crippen LogP contribution in [-0.2, 0) is 0 Å². The van der Waals surface area contributed by atoms with Gasteiger partial charge in [-0.05, 0) is 61.1 Å². The van der Waals surface area contributed by atoms with Gasteiger partial charge in [-0.15, -0.1) is 11.8 Å². The van der Waals surface area contributed by atoms with Crippen LogP contribution in [0, 0.1) is 0 Å². The molecule has 1 aliphatic rings. The van der Waals surface area contributed by atoms with Crippen molar-refractivity contribution in [1.29, 1.82) is 0 Å². The van der Waals surface area contributed by atoms with E-state index in [0.717, 1.165) is 30.7 Å². The zero-order valence-corrected chi connectivity index (χ0v) is 14.3. The molecule has 1 amide bonds. The van der Waals surface area contributed by atoms with Gasteiger partial charge in [0.2, 0.25) is 0 Å². The van der Waals surface area contributed by atoms with Crippen molar-refractivity contribution in [2.75, 3.05) is 19.9 Å². The van der Waals surface area contributed by atoms with Gasteiger partial charge in [-0.2, -0.15) is 0 Å². The van der Waals surface area contributed by atoms with Crippen LogP contribution in [0.15, 0.2) is 53.4 Å². The molecule has 0 saturated carbocycles. The van der Waals surface area contributed by atoms with E-state index in [1.807, 2.05) is 47.6 Å². The maximum Gasteiger partial charge on any atom is 0.254 e. The molecule has 3 rings (SSSR count). The number of methoxy groups -OCH3 is 1. The van der Waals surface area contributed by atoms with Gasteiger partial charge in [-0.25, -0.2) is 0 Å². The molecular weight excluding hydrogens is 306 g/mol. The van der Waals surface area contributed by atoms with Gasteiger partial charge in [-0.3, -0.25) is 4.79 Å². The van der Waals surface area contributed by atoms with E-state index in [4.69, 9.17) is 4.74 Å². The maximum absolute atomic E-state index is 12.8. The molecule has 1 atom stereocenters. The second kappa shape index (κ2) is 7.09. The van der Waals surface area contributed by atoms with Crippen LogP contribution in [0.3, 0.4) is 0 Å². The van der Waals surface area contributed by atoms with Gasteiger partial charge >= 0.3 is 0 Å². The van der Waals surface area contributed by atoms with E-state index in [0.29, 0.717) is 0 Å². The summed E-state index contributed by atoms with van der Waals surface area (Å²) < 4.78 is 5.21.